The average Bonchev–Trinajstić information content (AvgIpc) is 2.67. The number of amidine groups is 1. The largest absolute Gasteiger partial charge is 0.334 e. The lowest BCUT2D eigenvalue weighted by Gasteiger charge is -2.15. The van der Waals surface area contributed by atoms with Gasteiger partial charge < -0.3 is 5.32 Å². The molecule has 17 heavy (non-hydrogen) atoms. The van der Waals surface area contributed by atoms with Crippen LogP contribution in [0.15, 0.2) is 23.2 Å². The van der Waals surface area contributed by atoms with Crippen molar-refractivity contribution in [2.24, 2.45) is 4.99 Å². The molecule has 1 aliphatic heterocycles. The number of hydrogen-bond acceptors (Lipinski definition) is 3. The molecular formula is C12H14ClIN2S. The SMILES string of the molecule is CCC1(C)CSC(Nc2cc(I)ccc2Cl)=N1. The van der Waals surface area contributed by atoms with Crippen molar-refractivity contribution in [3.63, 3.8) is 0 Å². The van der Waals surface area contributed by atoms with E-state index in [-0.39, 0.29) is 5.54 Å². The number of hydrogen-bond donors (Lipinski definition) is 1. The van der Waals surface area contributed by atoms with Crippen molar-refractivity contribution < 1.29 is 0 Å². The van der Waals surface area contributed by atoms with Gasteiger partial charge in [0.05, 0.1) is 16.2 Å². The Hall–Kier alpha value is 0.0600. The number of aliphatic imine (C=N–C) groups is 1. The molecule has 1 heterocycles. The summed E-state index contributed by atoms with van der Waals surface area (Å²) in [6, 6.07) is 5.94. The van der Waals surface area contributed by atoms with Crippen LogP contribution < -0.4 is 5.32 Å². The Kier molecular flexibility index (Phi) is 4.26. The van der Waals surface area contributed by atoms with Gasteiger partial charge in [-0.25, -0.2) is 0 Å². The van der Waals surface area contributed by atoms with Crippen molar-refractivity contribution in [3.05, 3.63) is 26.8 Å². The minimum absolute atomic E-state index is 0.0708. The number of anilines is 1. The first-order chi connectivity index (χ1) is 8.02. The van der Waals surface area contributed by atoms with Gasteiger partial charge in [0.2, 0.25) is 0 Å². The third kappa shape index (κ3) is 3.29. The normalized spacial score (nSPS) is 23.6. The first kappa shape index (κ1) is 13.5. The topological polar surface area (TPSA) is 24.4 Å². The van der Waals surface area contributed by atoms with E-state index >= 15 is 0 Å². The first-order valence-electron chi connectivity index (χ1n) is 5.47. The van der Waals surface area contributed by atoms with Crippen molar-refractivity contribution in [2.75, 3.05) is 11.1 Å². The molecule has 2 nitrogen and oxygen atoms in total. The maximum absolute atomic E-state index is 6.15. The molecule has 0 spiro atoms. The summed E-state index contributed by atoms with van der Waals surface area (Å²) < 4.78 is 1.16. The molecule has 0 bridgehead atoms. The molecular weight excluding hydrogens is 367 g/mol. The van der Waals surface area contributed by atoms with Crippen molar-refractivity contribution in [1.29, 1.82) is 0 Å². The van der Waals surface area contributed by atoms with Crippen molar-refractivity contribution in [1.82, 2.24) is 0 Å². The van der Waals surface area contributed by atoms with E-state index in [0.717, 1.165) is 31.6 Å². The van der Waals surface area contributed by atoms with Crippen LogP contribution in [0.1, 0.15) is 20.3 Å². The second-order valence-corrected chi connectivity index (χ2v) is 6.92. The molecule has 0 saturated carbocycles. The van der Waals surface area contributed by atoms with Gasteiger partial charge in [0, 0.05) is 9.32 Å². The summed E-state index contributed by atoms with van der Waals surface area (Å²) in [4.78, 5) is 4.71. The van der Waals surface area contributed by atoms with Crippen LogP contribution in [-0.2, 0) is 0 Å². The quantitative estimate of drug-likeness (QED) is 0.757. The van der Waals surface area contributed by atoms with Gasteiger partial charge in [-0.15, -0.1) is 0 Å². The van der Waals surface area contributed by atoms with E-state index in [1.165, 1.54) is 0 Å². The standard InChI is InChI=1S/C12H14ClIN2S/c1-3-12(2)7-17-11(16-12)15-10-6-8(14)4-5-9(10)13/h4-6H,3,7H2,1-2H3,(H,15,16). The van der Waals surface area contributed by atoms with Gasteiger partial charge in [-0.3, -0.25) is 4.99 Å². The summed E-state index contributed by atoms with van der Waals surface area (Å²) in [5.74, 6) is 1.04. The Labute approximate surface area is 125 Å². The molecule has 1 unspecified atom stereocenters. The van der Waals surface area contributed by atoms with Crippen LogP contribution in [0.4, 0.5) is 5.69 Å². The molecule has 0 amide bonds. The summed E-state index contributed by atoms with van der Waals surface area (Å²) in [6.07, 6.45) is 1.06. The Morgan fingerprint density at radius 3 is 3.00 bits per heavy atom. The van der Waals surface area contributed by atoms with Crippen molar-refractivity contribution in [3.8, 4) is 0 Å². The fraction of sp³-hybridized carbons (Fsp3) is 0.417. The first-order valence-corrected chi connectivity index (χ1v) is 7.91. The predicted octanol–water partition coefficient (Wildman–Crippen LogP) is 4.63. The second kappa shape index (κ2) is 5.36. The molecule has 0 aromatic heterocycles. The van der Waals surface area contributed by atoms with E-state index in [0.29, 0.717) is 0 Å². The number of rotatable bonds is 2. The molecule has 0 saturated heterocycles. The lowest BCUT2D eigenvalue weighted by molar-refractivity contribution is 0.523. The van der Waals surface area contributed by atoms with E-state index < -0.39 is 0 Å². The van der Waals surface area contributed by atoms with Crippen LogP contribution in [0.3, 0.4) is 0 Å². The molecule has 1 aromatic rings. The lowest BCUT2D eigenvalue weighted by atomic mass is 10.0. The fourth-order valence-corrected chi connectivity index (χ4v) is 3.33. The Balaban J connectivity index is 2.17. The Bertz CT molecular complexity index is 464. The zero-order chi connectivity index (χ0) is 12.5. The van der Waals surface area contributed by atoms with Crippen molar-refractivity contribution >= 4 is 56.8 Å². The number of nitrogens with one attached hydrogen (secondary N) is 1. The predicted molar refractivity (Wildman–Crippen MR) is 86.4 cm³/mol. The maximum atomic E-state index is 6.15. The summed E-state index contributed by atoms with van der Waals surface area (Å²) in [6.45, 7) is 4.36. The van der Waals surface area contributed by atoms with Gasteiger partial charge in [0.15, 0.2) is 5.17 Å². The maximum Gasteiger partial charge on any atom is 0.161 e. The van der Waals surface area contributed by atoms with Gasteiger partial charge in [-0.1, -0.05) is 30.3 Å². The highest BCUT2D eigenvalue weighted by Gasteiger charge is 2.28. The molecule has 2 rings (SSSR count). The molecule has 1 atom stereocenters. The highest BCUT2D eigenvalue weighted by molar-refractivity contribution is 14.1. The van der Waals surface area contributed by atoms with Crippen LogP contribution in [0.5, 0.6) is 0 Å². The minimum Gasteiger partial charge on any atom is -0.334 e. The monoisotopic (exact) mass is 380 g/mol. The summed E-state index contributed by atoms with van der Waals surface area (Å²) in [5.41, 5.74) is 1.01. The zero-order valence-electron chi connectivity index (χ0n) is 9.76. The molecule has 1 aliphatic rings. The molecule has 92 valence electrons. The highest BCUT2D eigenvalue weighted by Crippen LogP contribution is 2.32. The summed E-state index contributed by atoms with van der Waals surface area (Å²) in [5, 5.41) is 5.02. The van der Waals surface area contributed by atoms with Crippen LogP contribution in [0, 0.1) is 3.57 Å². The van der Waals surface area contributed by atoms with Crippen LogP contribution in [0.25, 0.3) is 0 Å². The van der Waals surface area contributed by atoms with E-state index in [1.807, 2.05) is 18.2 Å². The van der Waals surface area contributed by atoms with Crippen LogP contribution in [0.2, 0.25) is 5.02 Å². The van der Waals surface area contributed by atoms with Crippen LogP contribution >= 0.6 is 46.0 Å². The van der Waals surface area contributed by atoms with E-state index in [2.05, 4.69) is 41.8 Å². The number of benzene rings is 1. The second-order valence-electron chi connectivity index (χ2n) is 4.31. The Morgan fingerprint density at radius 2 is 2.35 bits per heavy atom. The van der Waals surface area contributed by atoms with E-state index in [9.17, 15) is 0 Å². The van der Waals surface area contributed by atoms with Gasteiger partial charge in [-0.05, 0) is 54.1 Å². The van der Waals surface area contributed by atoms with Crippen molar-refractivity contribution in [2.45, 2.75) is 25.8 Å². The molecule has 1 aromatic carbocycles. The number of thioether (sulfide) groups is 1. The Morgan fingerprint density at radius 1 is 1.59 bits per heavy atom. The zero-order valence-corrected chi connectivity index (χ0v) is 13.5. The fourth-order valence-electron chi connectivity index (χ4n) is 1.49. The summed E-state index contributed by atoms with van der Waals surface area (Å²) >= 11 is 10.2. The third-order valence-corrected chi connectivity index (χ3v) is 5.06. The number of nitrogens with zero attached hydrogens (tertiary/aromatic N) is 1. The van der Waals surface area contributed by atoms with Gasteiger partial charge in [-0.2, -0.15) is 0 Å². The van der Waals surface area contributed by atoms with Crippen LogP contribution in [-0.4, -0.2) is 16.5 Å². The lowest BCUT2D eigenvalue weighted by Crippen LogP contribution is -2.20. The molecule has 1 N–H and O–H groups in total. The smallest absolute Gasteiger partial charge is 0.161 e. The van der Waals surface area contributed by atoms with Gasteiger partial charge in [0.1, 0.15) is 0 Å². The van der Waals surface area contributed by atoms with E-state index in [1.54, 1.807) is 11.8 Å². The summed E-state index contributed by atoms with van der Waals surface area (Å²) in [7, 11) is 0. The molecule has 5 heteroatoms. The average molecular weight is 381 g/mol. The third-order valence-electron chi connectivity index (χ3n) is 2.82. The van der Waals surface area contributed by atoms with E-state index in [4.69, 9.17) is 16.6 Å². The number of halogens is 2. The van der Waals surface area contributed by atoms with Gasteiger partial charge in [0.25, 0.3) is 0 Å². The molecule has 0 fully saturated rings. The highest BCUT2D eigenvalue weighted by atomic mass is 127. The molecule has 0 aliphatic carbocycles. The van der Waals surface area contributed by atoms with Gasteiger partial charge >= 0.3 is 0 Å². The molecule has 0 radical (unpaired) electrons. The minimum atomic E-state index is 0.0708.